The average molecular weight is 918 g/mol. The van der Waals surface area contributed by atoms with Crippen molar-refractivity contribution in [3.8, 4) is 22.3 Å². The molecule has 14 heteroatoms. The average Bonchev–Trinajstić information content (AvgIpc) is 3.42. The Kier molecular flexibility index (Phi) is 8.74. The first-order chi connectivity index (χ1) is 23.0. The molecule has 50 heavy (non-hydrogen) atoms. The smallest absolute Gasteiger partial charge is 0.369 e. The van der Waals surface area contributed by atoms with E-state index in [2.05, 4.69) is 0 Å². The highest BCUT2D eigenvalue weighted by molar-refractivity contribution is 14.1. The van der Waals surface area contributed by atoms with Crippen LogP contribution in [-0.2, 0) is 15.8 Å². The van der Waals surface area contributed by atoms with Gasteiger partial charge in [0, 0.05) is 20.2 Å². The van der Waals surface area contributed by atoms with Gasteiger partial charge in [0.05, 0.1) is 25.8 Å². The van der Waals surface area contributed by atoms with E-state index in [9.17, 15) is 45.8 Å². The highest BCUT2D eigenvalue weighted by atomic mass is 127. The molecule has 2 heterocycles. The summed E-state index contributed by atoms with van der Waals surface area (Å²) in [4.78, 5) is 41.6. The Bertz CT molecular complexity index is 2120. The van der Waals surface area contributed by atoms with Crippen molar-refractivity contribution < 1.29 is 45.8 Å². The Morgan fingerprint density at radius 3 is 1.66 bits per heavy atom. The third kappa shape index (κ3) is 6.20. The number of carbonyl (C=O) groups is 3. The summed E-state index contributed by atoms with van der Waals surface area (Å²) in [7, 11) is 0. The Hall–Kier alpha value is -3.51. The van der Waals surface area contributed by atoms with Crippen LogP contribution in [0.4, 0.5) is 32.0 Å². The first-order valence-electron chi connectivity index (χ1n) is 15.0. The van der Waals surface area contributed by atoms with E-state index in [-0.39, 0.29) is 33.5 Å². The summed E-state index contributed by atoms with van der Waals surface area (Å²) < 4.78 is 84.7. The van der Waals surface area contributed by atoms with Gasteiger partial charge in [0.15, 0.2) is 6.23 Å². The number of hydrogen-bond acceptors (Lipinski definition) is 4. The van der Waals surface area contributed by atoms with Crippen LogP contribution in [0.1, 0.15) is 87.3 Å². The van der Waals surface area contributed by atoms with E-state index in [0.29, 0.717) is 17.2 Å². The first kappa shape index (κ1) is 36.3. The van der Waals surface area contributed by atoms with Crippen LogP contribution in [0.2, 0.25) is 0 Å². The van der Waals surface area contributed by atoms with Crippen LogP contribution in [-0.4, -0.2) is 31.3 Å². The van der Waals surface area contributed by atoms with Crippen molar-refractivity contribution in [1.29, 1.82) is 0 Å². The summed E-state index contributed by atoms with van der Waals surface area (Å²) in [5, 5.41) is 11.1. The topological polar surface area (TPSA) is 77.9 Å². The molecular formula is C36H26F6I2N2O4. The van der Waals surface area contributed by atoms with Gasteiger partial charge in [0.1, 0.15) is 0 Å². The van der Waals surface area contributed by atoms with E-state index in [1.165, 1.54) is 30.3 Å². The second-order valence-corrected chi connectivity index (χ2v) is 18.3. The number of aliphatic hydroxyl groups is 1. The zero-order valence-corrected chi connectivity index (χ0v) is 30.9. The molecule has 0 aromatic heterocycles. The molecule has 4 aromatic carbocycles. The van der Waals surface area contributed by atoms with Crippen LogP contribution in [0.5, 0.6) is 0 Å². The molecular weight excluding hydrogens is 892 g/mol. The van der Waals surface area contributed by atoms with Gasteiger partial charge < -0.3 is 5.11 Å². The molecule has 2 aliphatic rings. The van der Waals surface area contributed by atoms with Crippen molar-refractivity contribution in [3.63, 3.8) is 0 Å². The summed E-state index contributed by atoms with van der Waals surface area (Å²) in [5.41, 5.74) is -2.80. The number of nitrogens with zero attached hydrogens (tertiary/aromatic N) is 2. The van der Waals surface area contributed by atoms with Gasteiger partial charge >= 0.3 is 12.4 Å². The fourth-order valence-electron chi connectivity index (χ4n) is 6.22. The molecule has 260 valence electrons. The molecule has 0 saturated heterocycles. The SMILES string of the molecule is CC(C)(I)c1ccc(-c2ccc(N3C(=O)c4cc(-c5ccc6c(c5)C(=O)N(C(C)(C)I)C6=O)ccc4C3O)cc2C(F)(F)F)c(C(F)(F)F)c1. The summed E-state index contributed by atoms with van der Waals surface area (Å²) in [6.07, 6.45) is -11.8. The number of imide groups is 1. The maximum atomic E-state index is 14.5. The second-order valence-electron chi connectivity index (χ2n) is 12.9. The number of hydrogen-bond donors (Lipinski definition) is 1. The first-order valence-corrected chi connectivity index (χ1v) is 17.2. The fraction of sp³-hybridized carbons (Fsp3) is 0.250. The number of aliphatic hydroxyl groups excluding tert-OH is 1. The van der Waals surface area contributed by atoms with Gasteiger partial charge in [-0.3, -0.25) is 24.2 Å². The molecule has 6 rings (SSSR count). The Labute approximate surface area is 309 Å². The number of amides is 3. The molecule has 0 bridgehead atoms. The molecule has 0 aliphatic carbocycles. The lowest BCUT2D eigenvalue weighted by molar-refractivity contribution is -0.139. The summed E-state index contributed by atoms with van der Waals surface area (Å²) in [5.74, 6) is -1.77. The van der Waals surface area contributed by atoms with E-state index in [1.807, 2.05) is 45.2 Å². The van der Waals surface area contributed by atoms with Crippen LogP contribution in [0, 0.1) is 0 Å². The molecule has 4 aromatic rings. The second kappa shape index (κ2) is 12.0. The van der Waals surface area contributed by atoms with Crippen molar-refractivity contribution in [2.45, 2.75) is 53.2 Å². The minimum absolute atomic E-state index is 0.0260. The lowest BCUT2D eigenvalue weighted by Crippen LogP contribution is -2.42. The number of halogens is 8. The van der Waals surface area contributed by atoms with Crippen LogP contribution in [0.15, 0.2) is 72.8 Å². The van der Waals surface area contributed by atoms with E-state index >= 15 is 0 Å². The van der Waals surface area contributed by atoms with Crippen LogP contribution in [0.25, 0.3) is 22.3 Å². The highest BCUT2D eigenvalue weighted by Crippen LogP contribution is 2.47. The normalized spacial score (nSPS) is 16.7. The van der Waals surface area contributed by atoms with Crippen molar-refractivity contribution in [1.82, 2.24) is 4.90 Å². The molecule has 0 radical (unpaired) electrons. The Morgan fingerprint density at radius 1 is 0.600 bits per heavy atom. The number of anilines is 1. The molecule has 1 unspecified atom stereocenters. The molecule has 0 saturated carbocycles. The predicted octanol–water partition coefficient (Wildman–Crippen LogP) is 10.1. The standard InChI is InChI=1S/C36H26F6I2N2O4/c1-33(2,43)19-7-11-21(27(15-19)35(37,38)39)22-12-8-20(16-28(22)36(40,41)42)45-29(47)23-9-5-17(13-25(23)30(45)48)18-6-10-24-26(14-18)32(50)46(31(24)49)34(3,4)44/h5-16,29,47H,1-4H3. The van der Waals surface area contributed by atoms with Gasteiger partial charge in [-0.15, -0.1) is 0 Å². The van der Waals surface area contributed by atoms with Crippen LogP contribution >= 0.6 is 45.2 Å². The predicted molar refractivity (Wildman–Crippen MR) is 191 cm³/mol. The zero-order valence-electron chi connectivity index (χ0n) is 26.6. The lowest BCUT2D eigenvalue weighted by Gasteiger charge is -2.27. The monoisotopic (exact) mass is 918 g/mol. The highest BCUT2D eigenvalue weighted by Gasteiger charge is 2.44. The minimum atomic E-state index is -5.13. The van der Waals surface area contributed by atoms with E-state index in [0.717, 1.165) is 34.1 Å². The maximum Gasteiger partial charge on any atom is 0.417 e. The van der Waals surface area contributed by atoms with Gasteiger partial charge in [-0.2, -0.15) is 26.3 Å². The summed E-state index contributed by atoms with van der Waals surface area (Å²) in [6, 6.07) is 14.7. The van der Waals surface area contributed by atoms with Gasteiger partial charge in [0.2, 0.25) is 0 Å². The summed E-state index contributed by atoms with van der Waals surface area (Å²) in [6.45, 7) is 6.78. The minimum Gasteiger partial charge on any atom is -0.369 e. The zero-order chi connectivity index (χ0) is 36.9. The van der Waals surface area contributed by atoms with Gasteiger partial charge in [-0.05, 0) is 91.9 Å². The van der Waals surface area contributed by atoms with Crippen LogP contribution < -0.4 is 4.90 Å². The van der Waals surface area contributed by atoms with Crippen molar-refractivity contribution >= 4 is 68.6 Å². The number of benzene rings is 4. The van der Waals surface area contributed by atoms with E-state index < -0.39 is 65.5 Å². The molecule has 2 aliphatic heterocycles. The molecule has 1 N–H and O–H groups in total. The molecule has 3 amide bonds. The van der Waals surface area contributed by atoms with E-state index in [1.54, 1.807) is 39.8 Å². The third-order valence-corrected chi connectivity index (χ3v) is 9.77. The van der Waals surface area contributed by atoms with Crippen molar-refractivity contribution in [2.24, 2.45) is 0 Å². The van der Waals surface area contributed by atoms with Gasteiger partial charge in [0.25, 0.3) is 17.7 Å². The third-order valence-electron chi connectivity index (χ3n) is 8.67. The fourth-order valence-corrected chi connectivity index (χ4v) is 7.00. The quantitative estimate of drug-likeness (QED) is 0.0712. The van der Waals surface area contributed by atoms with Gasteiger partial charge in [-0.25, -0.2) is 0 Å². The number of alkyl halides is 8. The van der Waals surface area contributed by atoms with Crippen LogP contribution in [0.3, 0.4) is 0 Å². The molecule has 1 atom stereocenters. The maximum absolute atomic E-state index is 14.5. The van der Waals surface area contributed by atoms with Crippen molar-refractivity contribution in [2.75, 3.05) is 4.90 Å². The number of carbonyl (C=O) groups excluding carboxylic acids is 3. The van der Waals surface area contributed by atoms with E-state index in [4.69, 9.17) is 0 Å². The largest absolute Gasteiger partial charge is 0.417 e. The Balaban J connectivity index is 1.39. The molecule has 0 spiro atoms. The lowest BCUT2D eigenvalue weighted by atomic mass is 9.90. The summed E-state index contributed by atoms with van der Waals surface area (Å²) >= 11 is 3.93. The number of rotatable bonds is 5. The molecule has 6 nitrogen and oxygen atoms in total. The van der Waals surface area contributed by atoms with Crippen molar-refractivity contribution in [3.05, 3.63) is 112 Å². The molecule has 0 fully saturated rings. The number of fused-ring (bicyclic) bond motifs is 2. The Morgan fingerprint density at radius 2 is 1.10 bits per heavy atom. The van der Waals surface area contributed by atoms with Gasteiger partial charge in [-0.1, -0.05) is 81.6 Å².